The van der Waals surface area contributed by atoms with Crippen molar-refractivity contribution in [1.29, 1.82) is 0 Å². The number of ether oxygens (including phenoxy) is 1. The predicted octanol–water partition coefficient (Wildman–Crippen LogP) is 6.16. The van der Waals surface area contributed by atoms with Crippen LogP contribution in [0.1, 0.15) is 110 Å². The van der Waals surface area contributed by atoms with Gasteiger partial charge in [-0.2, -0.15) is 0 Å². The van der Waals surface area contributed by atoms with Gasteiger partial charge >= 0.3 is 0 Å². The van der Waals surface area contributed by atoms with Crippen molar-refractivity contribution >= 4 is 32.7 Å². The molecule has 10 rings (SSSR count). The zero-order valence-corrected chi connectivity index (χ0v) is 29.6. The minimum atomic E-state index is -3.76. The maximum atomic E-state index is 15.0. The van der Waals surface area contributed by atoms with E-state index in [1.807, 2.05) is 18.2 Å². The van der Waals surface area contributed by atoms with Crippen LogP contribution in [0.15, 0.2) is 36.4 Å². The quantitative estimate of drug-likeness (QED) is 0.334. The first-order valence-corrected chi connectivity index (χ1v) is 20.1. The summed E-state index contributed by atoms with van der Waals surface area (Å²) < 4.78 is 36.8. The molecule has 260 valence electrons. The maximum absolute atomic E-state index is 15.0. The van der Waals surface area contributed by atoms with E-state index in [0.717, 1.165) is 85.9 Å². The summed E-state index contributed by atoms with van der Waals surface area (Å²) in [6, 6.07) is 12.8. The molecule has 49 heavy (non-hydrogen) atoms. The lowest BCUT2D eigenvalue weighted by Crippen LogP contribution is -2.64. The zero-order chi connectivity index (χ0) is 33.7. The van der Waals surface area contributed by atoms with Gasteiger partial charge in [-0.15, -0.1) is 0 Å². The van der Waals surface area contributed by atoms with Crippen molar-refractivity contribution < 1.29 is 22.7 Å². The minimum Gasteiger partial charge on any atom is -0.497 e. The maximum Gasteiger partial charge on any atom is 0.264 e. The van der Waals surface area contributed by atoms with Gasteiger partial charge in [-0.1, -0.05) is 38.2 Å². The number of aromatic nitrogens is 1. The number of benzene rings is 2. The van der Waals surface area contributed by atoms with Crippen LogP contribution in [0.3, 0.4) is 0 Å². The van der Waals surface area contributed by atoms with Crippen molar-refractivity contribution in [1.82, 2.24) is 19.1 Å². The summed E-state index contributed by atoms with van der Waals surface area (Å²) in [5.74, 6) is 0.946. The largest absolute Gasteiger partial charge is 0.497 e. The summed E-state index contributed by atoms with van der Waals surface area (Å²) in [5.41, 5.74) is 5.50. The highest BCUT2D eigenvalue weighted by Gasteiger charge is 2.65. The van der Waals surface area contributed by atoms with Crippen molar-refractivity contribution in [2.45, 2.75) is 113 Å². The van der Waals surface area contributed by atoms with E-state index in [0.29, 0.717) is 36.9 Å². The molecule has 3 saturated carbocycles. The van der Waals surface area contributed by atoms with Gasteiger partial charge in [0.05, 0.1) is 23.5 Å². The fourth-order valence-electron chi connectivity index (χ4n) is 10.5. The van der Waals surface area contributed by atoms with Crippen LogP contribution in [-0.2, 0) is 21.4 Å². The molecule has 9 nitrogen and oxygen atoms in total. The molecule has 3 aromatic rings. The number of fused-ring (bicyclic) bond motifs is 10. The number of methoxy groups -OCH3 is 1. The van der Waals surface area contributed by atoms with E-state index in [9.17, 15) is 18.0 Å². The summed E-state index contributed by atoms with van der Waals surface area (Å²) in [4.78, 5) is 33.2. The van der Waals surface area contributed by atoms with Gasteiger partial charge in [0.25, 0.3) is 5.91 Å². The molecular formula is C39H48N4O5S. The van der Waals surface area contributed by atoms with Crippen LogP contribution in [0.5, 0.6) is 5.75 Å². The Morgan fingerprint density at radius 2 is 1.65 bits per heavy atom. The monoisotopic (exact) mass is 684 g/mol. The lowest BCUT2D eigenvalue weighted by atomic mass is 9.81. The molecule has 3 aliphatic carbocycles. The van der Waals surface area contributed by atoms with E-state index in [4.69, 9.17) is 4.74 Å². The third kappa shape index (κ3) is 4.98. The summed E-state index contributed by atoms with van der Waals surface area (Å²) in [6.45, 7) is 2.25. The number of piperazine rings is 1. The van der Waals surface area contributed by atoms with E-state index in [2.05, 4.69) is 38.3 Å². The molecule has 2 bridgehead atoms. The molecule has 4 unspecified atom stereocenters. The fourth-order valence-corrected chi connectivity index (χ4v) is 12.0. The van der Waals surface area contributed by atoms with E-state index < -0.39 is 26.6 Å². The average Bonchev–Trinajstić information content (AvgIpc) is 3.43. The number of hydrogen-bond acceptors (Lipinski definition) is 6. The van der Waals surface area contributed by atoms with Gasteiger partial charge in [0, 0.05) is 59.7 Å². The first kappa shape index (κ1) is 31.6. The number of rotatable bonds is 6. The first-order chi connectivity index (χ1) is 23.7. The van der Waals surface area contributed by atoms with Gasteiger partial charge < -0.3 is 14.2 Å². The molecule has 6 fully saturated rings. The van der Waals surface area contributed by atoms with Crippen LogP contribution in [0.25, 0.3) is 22.2 Å². The molecule has 2 amide bonds. The average molecular weight is 685 g/mol. The van der Waals surface area contributed by atoms with Crippen LogP contribution < -0.4 is 9.46 Å². The molecule has 0 spiro atoms. The summed E-state index contributed by atoms with van der Waals surface area (Å²) in [5, 5.41) is 0.595. The smallest absolute Gasteiger partial charge is 0.264 e. The topological polar surface area (TPSA) is 101 Å². The molecule has 3 saturated heterocycles. The molecule has 5 heterocycles. The van der Waals surface area contributed by atoms with Crippen molar-refractivity contribution in [3.63, 3.8) is 0 Å². The Bertz CT molecular complexity index is 1960. The number of carbonyl (C=O) groups excluding carboxylic acids is 2. The van der Waals surface area contributed by atoms with Crippen molar-refractivity contribution in [3.8, 4) is 17.0 Å². The third-order valence-electron chi connectivity index (χ3n) is 13.3. The van der Waals surface area contributed by atoms with Crippen LogP contribution in [0.4, 0.5) is 0 Å². The predicted molar refractivity (Wildman–Crippen MR) is 189 cm³/mol. The highest BCUT2D eigenvalue weighted by Crippen LogP contribution is 2.66. The zero-order valence-electron chi connectivity index (χ0n) is 28.7. The second-order valence-corrected chi connectivity index (χ2v) is 17.9. The van der Waals surface area contributed by atoms with Crippen molar-refractivity contribution in [3.05, 3.63) is 53.1 Å². The lowest BCUT2D eigenvalue weighted by molar-refractivity contribution is -0.147. The molecular weight excluding hydrogens is 637 g/mol. The van der Waals surface area contributed by atoms with E-state index in [1.54, 1.807) is 13.2 Å². The number of likely N-dealkylation sites (N-methyl/N-ethyl adjacent to an activating group) is 1. The molecule has 1 N–H and O–H groups in total. The fraction of sp³-hybridized carbons (Fsp3) is 0.590. The Kier molecular flexibility index (Phi) is 7.47. The van der Waals surface area contributed by atoms with Crippen LogP contribution in [0.2, 0.25) is 0 Å². The Labute approximate surface area is 289 Å². The van der Waals surface area contributed by atoms with Crippen LogP contribution in [0, 0.1) is 5.41 Å². The molecule has 7 aliphatic rings. The number of nitrogens with zero attached hydrogens (tertiary/aromatic N) is 3. The number of hydrogen-bond donors (Lipinski definition) is 1. The molecule has 2 aromatic carbocycles. The molecule has 10 heteroatoms. The first-order valence-electron chi connectivity index (χ1n) is 18.6. The Morgan fingerprint density at radius 3 is 2.37 bits per heavy atom. The lowest BCUT2D eigenvalue weighted by Gasteiger charge is -2.51. The highest BCUT2D eigenvalue weighted by molar-refractivity contribution is 7.90. The second kappa shape index (κ2) is 11.6. The van der Waals surface area contributed by atoms with Gasteiger partial charge in [0.2, 0.25) is 15.9 Å². The van der Waals surface area contributed by atoms with Crippen molar-refractivity contribution in [2.24, 2.45) is 5.41 Å². The Balaban J connectivity index is 1.20. The van der Waals surface area contributed by atoms with Crippen LogP contribution >= 0.6 is 0 Å². The van der Waals surface area contributed by atoms with Gasteiger partial charge in [-0.05, 0) is 99.4 Å². The summed E-state index contributed by atoms with van der Waals surface area (Å²) >= 11 is 0. The van der Waals surface area contributed by atoms with Gasteiger partial charge in [0.15, 0.2) is 0 Å². The van der Waals surface area contributed by atoms with Gasteiger partial charge in [0.1, 0.15) is 5.75 Å². The van der Waals surface area contributed by atoms with Gasteiger partial charge in [-0.25, -0.2) is 13.1 Å². The number of nitrogens with one attached hydrogen (secondary N) is 1. The van der Waals surface area contributed by atoms with Gasteiger partial charge in [-0.3, -0.25) is 14.5 Å². The van der Waals surface area contributed by atoms with E-state index >= 15 is 0 Å². The normalized spacial score (nSPS) is 28.5. The SMILES string of the molecule is COc1ccc2c(c1)C1CC1(C(=O)N1CC3CCC1CN3C)Cn1c-2c(C2CCCCC2)c2ccc(C(=O)NS(=O)(=O)C3CCCC3)cc21. The molecule has 4 aliphatic heterocycles. The summed E-state index contributed by atoms with van der Waals surface area (Å²) in [6.07, 6.45) is 11.7. The third-order valence-corrected chi connectivity index (χ3v) is 15.1. The number of piperidine rings is 2. The Morgan fingerprint density at radius 1 is 0.898 bits per heavy atom. The number of carbonyl (C=O) groups is 2. The number of sulfonamides is 1. The van der Waals surface area contributed by atoms with E-state index in [1.165, 1.54) is 30.4 Å². The number of amides is 2. The minimum absolute atomic E-state index is 0.0838. The highest BCUT2D eigenvalue weighted by atomic mass is 32.2. The van der Waals surface area contributed by atoms with Crippen molar-refractivity contribution in [2.75, 3.05) is 27.2 Å². The molecule has 1 aromatic heterocycles. The Hall–Kier alpha value is -3.37. The van der Waals surface area contributed by atoms with E-state index in [-0.39, 0.29) is 17.9 Å². The standard InChI is InChI=1S/C39H48N4O5S/c1-41-21-27-14-13-26(41)22-42(27)38(45)39-20-33(39)32-19-28(48-2)15-17-30(32)36-35(24-8-4-3-5-9-24)31-16-12-25(18-34(31)43(36)23-39)37(44)40-49(46,47)29-10-6-7-11-29/h12,15-19,24,26-27,29,33H,3-11,13-14,20-23H2,1-2H3,(H,40,44). The summed E-state index contributed by atoms with van der Waals surface area (Å²) in [7, 11) is 0.128. The molecule has 4 atom stereocenters. The molecule has 0 radical (unpaired) electrons. The van der Waals surface area contributed by atoms with Crippen LogP contribution in [-0.4, -0.2) is 79.2 Å². The second-order valence-electron chi connectivity index (χ2n) is 15.9.